The van der Waals surface area contributed by atoms with E-state index >= 15 is 0 Å². The quantitative estimate of drug-likeness (QED) is 0.304. The summed E-state index contributed by atoms with van der Waals surface area (Å²) >= 11 is 0. The lowest BCUT2D eigenvalue weighted by Gasteiger charge is -2.05. The molecule has 2 aromatic carbocycles. The van der Waals surface area contributed by atoms with Gasteiger partial charge in [0.15, 0.2) is 0 Å². The lowest BCUT2D eigenvalue weighted by atomic mass is 10.1. The van der Waals surface area contributed by atoms with Crippen molar-refractivity contribution < 1.29 is 4.79 Å². The van der Waals surface area contributed by atoms with Crippen LogP contribution < -0.4 is 0 Å². The fourth-order valence-corrected chi connectivity index (χ4v) is 2.54. The fourth-order valence-electron chi connectivity index (χ4n) is 2.54. The monoisotopic (exact) mass is 334 g/mol. The second-order valence-electron chi connectivity index (χ2n) is 5.99. The van der Waals surface area contributed by atoms with E-state index in [2.05, 4.69) is 13.0 Å². The van der Waals surface area contributed by atoms with E-state index in [-0.39, 0.29) is 0 Å². The predicted molar refractivity (Wildman–Crippen MR) is 107 cm³/mol. The molecular formula is C22H26N2O. The number of unbranched alkanes of at least 4 members (excludes halogenated alkanes) is 2. The second-order valence-corrected chi connectivity index (χ2v) is 5.99. The number of hydrogen-bond acceptors (Lipinski definition) is 3. The smallest absolute Gasteiger partial charge is 0.120 e. The largest absolute Gasteiger partial charge is 0.303 e. The predicted octanol–water partition coefficient (Wildman–Crippen LogP) is 5.87. The Morgan fingerprint density at radius 1 is 1.00 bits per heavy atom. The van der Waals surface area contributed by atoms with E-state index in [9.17, 15) is 4.79 Å². The van der Waals surface area contributed by atoms with Crippen LogP contribution in [0.15, 0.2) is 64.6 Å². The molecule has 0 amide bonds. The van der Waals surface area contributed by atoms with Crippen LogP contribution in [-0.4, -0.2) is 18.2 Å². The van der Waals surface area contributed by atoms with Crippen molar-refractivity contribution in [3.63, 3.8) is 0 Å². The van der Waals surface area contributed by atoms with Crippen LogP contribution in [0, 0.1) is 0 Å². The van der Waals surface area contributed by atoms with Gasteiger partial charge < -0.3 is 4.79 Å². The summed E-state index contributed by atoms with van der Waals surface area (Å²) in [5, 5.41) is 0. The standard InChI is InChI=1S/C22H26N2O/c1-2-3-13-21(24-20-14-5-4-6-15-20)18-23-22-16-8-7-11-19(22)12-9-10-17-25/h4-8,11,14-18H,2-3,9-10,12-13H2,1H3. The van der Waals surface area contributed by atoms with Gasteiger partial charge in [-0.1, -0.05) is 49.7 Å². The molecule has 3 heteroatoms. The average molecular weight is 334 g/mol. The van der Waals surface area contributed by atoms with Gasteiger partial charge in [0.05, 0.1) is 17.1 Å². The van der Waals surface area contributed by atoms with Crippen molar-refractivity contribution in [2.24, 2.45) is 9.98 Å². The van der Waals surface area contributed by atoms with Gasteiger partial charge in [0.2, 0.25) is 0 Å². The summed E-state index contributed by atoms with van der Waals surface area (Å²) in [5.41, 5.74) is 4.09. The molecule has 25 heavy (non-hydrogen) atoms. The number of nitrogens with zero attached hydrogens (tertiary/aromatic N) is 2. The first-order valence-electron chi connectivity index (χ1n) is 9.01. The highest BCUT2D eigenvalue weighted by Crippen LogP contribution is 2.20. The van der Waals surface area contributed by atoms with Crippen LogP contribution in [0.25, 0.3) is 0 Å². The zero-order chi connectivity index (χ0) is 17.7. The van der Waals surface area contributed by atoms with Crippen molar-refractivity contribution in [2.75, 3.05) is 0 Å². The highest BCUT2D eigenvalue weighted by atomic mass is 16.1. The number of benzene rings is 2. The summed E-state index contributed by atoms with van der Waals surface area (Å²) in [6.07, 6.45) is 8.33. The van der Waals surface area contributed by atoms with Gasteiger partial charge in [0.1, 0.15) is 6.29 Å². The summed E-state index contributed by atoms with van der Waals surface area (Å²) in [4.78, 5) is 20.0. The summed E-state index contributed by atoms with van der Waals surface area (Å²) in [6, 6.07) is 18.1. The number of carbonyl (C=O) groups is 1. The Morgan fingerprint density at radius 2 is 1.76 bits per heavy atom. The highest BCUT2D eigenvalue weighted by Gasteiger charge is 2.02. The third-order valence-electron chi connectivity index (χ3n) is 3.93. The van der Waals surface area contributed by atoms with E-state index in [1.807, 2.05) is 54.7 Å². The van der Waals surface area contributed by atoms with Gasteiger partial charge in [-0.2, -0.15) is 0 Å². The zero-order valence-electron chi connectivity index (χ0n) is 14.9. The van der Waals surface area contributed by atoms with Gasteiger partial charge in [-0.05, 0) is 49.4 Å². The van der Waals surface area contributed by atoms with Gasteiger partial charge in [-0.15, -0.1) is 0 Å². The molecule has 0 aromatic heterocycles. The number of aliphatic imine (C=N–C) groups is 2. The number of aryl methyl sites for hydroxylation is 1. The summed E-state index contributed by atoms with van der Waals surface area (Å²) in [7, 11) is 0. The van der Waals surface area contributed by atoms with E-state index in [0.717, 1.165) is 55.5 Å². The minimum absolute atomic E-state index is 0.593. The minimum Gasteiger partial charge on any atom is -0.303 e. The molecule has 0 fully saturated rings. The van der Waals surface area contributed by atoms with Gasteiger partial charge in [0.25, 0.3) is 0 Å². The Morgan fingerprint density at radius 3 is 2.52 bits per heavy atom. The number of hydrogen-bond donors (Lipinski definition) is 0. The summed E-state index contributed by atoms with van der Waals surface area (Å²) in [6.45, 7) is 2.18. The van der Waals surface area contributed by atoms with Gasteiger partial charge in [-0.25, -0.2) is 0 Å². The molecule has 0 unspecified atom stereocenters. The van der Waals surface area contributed by atoms with Crippen LogP contribution in [0.3, 0.4) is 0 Å². The van der Waals surface area contributed by atoms with Gasteiger partial charge in [-0.3, -0.25) is 9.98 Å². The first-order valence-corrected chi connectivity index (χ1v) is 9.01. The molecule has 2 aromatic rings. The summed E-state index contributed by atoms with van der Waals surface area (Å²) < 4.78 is 0. The SMILES string of the molecule is CCCCC(C=Nc1ccccc1CCCC=O)=Nc1ccccc1. The van der Waals surface area contributed by atoms with E-state index < -0.39 is 0 Å². The van der Waals surface area contributed by atoms with E-state index in [1.54, 1.807) is 0 Å². The normalized spacial score (nSPS) is 11.8. The van der Waals surface area contributed by atoms with Crippen molar-refractivity contribution in [3.8, 4) is 0 Å². The maximum absolute atomic E-state index is 10.5. The first kappa shape index (κ1) is 18.8. The summed E-state index contributed by atoms with van der Waals surface area (Å²) in [5.74, 6) is 0. The molecule has 130 valence electrons. The maximum atomic E-state index is 10.5. The average Bonchev–Trinajstić information content (AvgIpc) is 2.66. The van der Waals surface area contributed by atoms with Gasteiger partial charge in [0, 0.05) is 12.6 Å². The molecule has 0 N–H and O–H groups in total. The number of carbonyl (C=O) groups excluding carboxylic acids is 1. The van der Waals surface area contributed by atoms with Crippen LogP contribution in [0.4, 0.5) is 11.4 Å². The Kier molecular flexibility index (Phi) is 8.33. The van der Waals surface area contributed by atoms with E-state index in [4.69, 9.17) is 9.98 Å². The maximum Gasteiger partial charge on any atom is 0.120 e. The van der Waals surface area contributed by atoms with Crippen LogP contribution in [0.2, 0.25) is 0 Å². The van der Waals surface area contributed by atoms with Gasteiger partial charge >= 0.3 is 0 Å². The molecule has 0 spiro atoms. The van der Waals surface area contributed by atoms with E-state index in [0.29, 0.717) is 6.42 Å². The topological polar surface area (TPSA) is 41.8 Å². The molecule has 3 nitrogen and oxygen atoms in total. The van der Waals surface area contributed by atoms with Crippen molar-refractivity contribution in [2.45, 2.75) is 45.4 Å². The van der Waals surface area contributed by atoms with Crippen molar-refractivity contribution >= 4 is 29.6 Å². The number of rotatable bonds is 10. The Labute approximate surface area is 150 Å². The van der Waals surface area contributed by atoms with Crippen LogP contribution in [0.5, 0.6) is 0 Å². The lowest BCUT2D eigenvalue weighted by molar-refractivity contribution is -0.107. The van der Waals surface area contributed by atoms with Crippen molar-refractivity contribution in [1.82, 2.24) is 0 Å². The zero-order valence-corrected chi connectivity index (χ0v) is 14.9. The molecule has 0 aliphatic rings. The second kappa shape index (κ2) is 11.1. The molecule has 0 aliphatic carbocycles. The third kappa shape index (κ3) is 6.84. The molecule has 0 atom stereocenters. The van der Waals surface area contributed by atoms with Crippen molar-refractivity contribution in [1.29, 1.82) is 0 Å². The van der Waals surface area contributed by atoms with E-state index in [1.165, 1.54) is 5.56 Å². The molecule has 0 saturated carbocycles. The molecule has 0 saturated heterocycles. The van der Waals surface area contributed by atoms with Crippen molar-refractivity contribution in [3.05, 3.63) is 60.2 Å². The number of para-hydroxylation sites is 2. The Bertz CT molecular complexity index is 705. The number of aldehydes is 1. The molecule has 0 bridgehead atoms. The lowest BCUT2D eigenvalue weighted by Crippen LogP contribution is -1.99. The fraction of sp³-hybridized carbons (Fsp3) is 0.318. The third-order valence-corrected chi connectivity index (χ3v) is 3.93. The highest BCUT2D eigenvalue weighted by molar-refractivity contribution is 6.31. The van der Waals surface area contributed by atoms with Crippen LogP contribution >= 0.6 is 0 Å². The molecule has 0 aliphatic heterocycles. The Hall–Kier alpha value is -2.55. The first-order chi connectivity index (χ1) is 12.3. The molecule has 0 radical (unpaired) electrons. The Balaban J connectivity index is 2.17. The minimum atomic E-state index is 0.593. The van der Waals surface area contributed by atoms with Crippen LogP contribution in [0.1, 0.15) is 44.6 Å². The van der Waals surface area contributed by atoms with Crippen LogP contribution in [-0.2, 0) is 11.2 Å². The molecular weight excluding hydrogens is 308 g/mol. The molecule has 2 rings (SSSR count). The molecule has 0 heterocycles.